The van der Waals surface area contributed by atoms with Gasteiger partial charge in [0.05, 0.1) is 30.9 Å². The van der Waals surface area contributed by atoms with Crippen LogP contribution in [0.25, 0.3) is 44.5 Å². The van der Waals surface area contributed by atoms with Crippen molar-refractivity contribution in [3.8, 4) is 73.3 Å². The van der Waals surface area contributed by atoms with Crippen LogP contribution in [0.3, 0.4) is 0 Å². The summed E-state index contributed by atoms with van der Waals surface area (Å²) in [4.78, 5) is 26.3. The van der Waals surface area contributed by atoms with Gasteiger partial charge in [0, 0.05) is 11.1 Å². The molecule has 0 aliphatic carbocycles. The molecule has 0 amide bonds. The molecule has 332 valence electrons. The van der Waals surface area contributed by atoms with E-state index < -0.39 is 11.9 Å². The van der Waals surface area contributed by atoms with Crippen LogP contribution in [0, 0.1) is 0 Å². The maximum atomic E-state index is 13.1. The first-order valence-electron chi connectivity index (χ1n) is 23.0. The lowest BCUT2D eigenvalue weighted by Gasteiger charge is -2.16. The smallest absolute Gasteiger partial charge is 0.343 e. The van der Waals surface area contributed by atoms with Crippen LogP contribution in [0.15, 0.2) is 164 Å². The molecule has 7 aromatic carbocycles. The summed E-state index contributed by atoms with van der Waals surface area (Å²) in [5.41, 5.74) is 8.61. The third-order valence-electron chi connectivity index (χ3n) is 11.2. The Morgan fingerprint density at radius 3 is 1.05 bits per heavy atom. The number of hydrogen-bond donors (Lipinski definition) is 0. The average Bonchev–Trinajstić information content (AvgIpc) is 3.35. The zero-order valence-electron chi connectivity index (χ0n) is 37.7. The molecule has 0 saturated carbocycles. The maximum Gasteiger partial charge on any atom is 0.343 e. The van der Waals surface area contributed by atoms with Gasteiger partial charge in [0.2, 0.25) is 0 Å². The lowest BCUT2D eigenvalue weighted by molar-refractivity contribution is 0.0725. The van der Waals surface area contributed by atoms with Crippen LogP contribution in [-0.2, 0) is 0 Å². The number of unbranched alkanes of at least 4 members (excludes halogenated alkanes) is 6. The number of benzene rings is 7. The van der Waals surface area contributed by atoms with Crippen LogP contribution in [-0.4, -0.2) is 31.8 Å². The van der Waals surface area contributed by atoms with Crippen LogP contribution in [0.4, 0.5) is 0 Å². The number of carbonyl (C=O) groups excluding carboxylic acids is 2. The summed E-state index contributed by atoms with van der Waals surface area (Å²) in [7, 11) is 0. The molecule has 0 aliphatic heterocycles. The normalized spacial score (nSPS) is 10.9. The summed E-state index contributed by atoms with van der Waals surface area (Å²) in [5.74, 6) is 2.45. The summed E-state index contributed by atoms with van der Waals surface area (Å²) >= 11 is 0. The van der Waals surface area contributed by atoms with E-state index in [-0.39, 0.29) is 0 Å². The van der Waals surface area contributed by atoms with E-state index in [4.69, 9.17) is 23.7 Å². The third-order valence-corrected chi connectivity index (χ3v) is 11.2. The second kappa shape index (κ2) is 23.5. The Morgan fingerprint density at radius 2 is 0.692 bits per heavy atom. The van der Waals surface area contributed by atoms with Gasteiger partial charge in [0.15, 0.2) is 0 Å². The van der Waals surface area contributed by atoms with Crippen LogP contribution in [0.5, 0.6) is 28.7 Å². The Bertz CT molecular complexity index is 2380. The summed E-state index contributed by atoms with van der Waals surface area (Å²) in [6.07, 6.45) is 9.37. The Labute approximate surface area is 384 Å². The molecule has 0 fully saturated rings. The van der Waals surface area contributed by atoms with Gasteiger partial charge in [-0.1, -0.05) is 143 Å². The molecule has 65 heavy (non-hydrogen) atoms. The number of carbonyl (C=O) groups is 2. The van der Waals surface area contributed by atoms with Crippen molar-refractivity contribution in [3.05, 3.63) is 175 Å². The van der Waals surface area contributed by atoms with E-state index in [0.29, 0.717) is 29.2 Å². The molecule has 0 aromatic heterocycles. The van der Waals surface area contributed by atoms with Gasteiger partial charge in [-0.15, -0.1) is 0 Å². The van der Waals surface area contributed by atoms with E-state index in [1.165, 1.54) is 38.5 Å². The van der Waals surface area contributed by atoms with Crippen LogP contribution in [0.1, 0.15) is 92.9 Å². The largest absolute Gasteiger partial charge is 0.494 e. The summed E-state index contributed by atoms with van der Waals surface area (Å²) in [5, 5.41) is 0. The lowest BCUT2D eigenvalue weighted by Crippen LogP contribution is -2.08. The molecule has 7 rings (SSSR count). The zero-order valence-corrected chi connectivity index (χ0v) is 37.7. The van der Waals surface area contributed by atoms with Crippen molar-refractivity contribution in [2.45, 2.75) is 72.1 Å². The van der Waals surface area contributed by atoms with Crippen LogP contribution < -0.4 is 23.7 Å². The second-order valence-corrected chi connectivity index (χ2v) is 16.0. The van der Waals surface area contributed by atoms with Crippen LogP contribution in [0.2, 0.25) is 0 Å². The summed E-state index contributed by atoms with van der Waals surface area (Å²) in [6.45, 7) is 8.27. The average molecular weight is 867 g/mol. The SMILES string of the molecule is CCCCCCOc1ccc(-c2ccc(C(=O)Oc3ccc(-c4cccc(-c5ccc(OC(=O)c6ccc(-c7ccc(OCCCCCC)cc7)cc6)cc5)c4OCC)cc3)cc2)cc1. The molecular formula is C58H58O7. The van der Waals surface area contributed by atoms with Crippen molar-refractivity contribution in [1.82, 2.24) is 0 Å². The topological polar surface area (TPSA) is 80.3 Å². The lowest BCUT2D eigenvalue weighted by atomic mass is 9.97. The second-order valence-electron chi connectivity index (χ2n) is 16.0. The molecule has 0 aliphatic rings. The fourth-order valence-electron chi connectivity index (χ4n) is 7.55. The number of rotatable bonds is 22. The molecule has 0 N–H and O–H groups in total. The minimum absolute atomic E-state index is 0.434. The molecule has 7 heteroatoms. The van der Waals surface area contributed by atoms with Crippen molar-refractivity contribution >= 4 is 11.9 Å². The summed E-state index contributed by atoms with van der Waals surface area (Å²) in [6, 6.07) is 51.8. The van der Waals surface area contributed by atoms with Gasteiger partial charge in [-0.2, -0.15) is 0 Å². The number of para-hydroxylation sites is 1. The molecule has 7 aromatic rings. The molecule has 0 radical (unpaired) electrons. The molecule has 7 nitrogen and oxygen atoms in total. The first-order valence-corrected chi connectivity index (χ1v) is 23.0. The predicted octanol–water partition coefficient (Wildman–Crippen LogP) is 15.1. The number of ether oxygens (including phenoxy) is 5. The van der Waals surface area contributed by atoms with E-state index >= 15 is 0 Å². The van der Waals surface area contributed by atoms with Gasteiger partial charge in [-0.25, -0.2) is 9.59 Å². The highest BCUT2D eigenvalue weighted by atomic mass is 16.5. The highest BCUT2D eigenvalue weighted by Gasteiger charge is 2.16. The van der Waals surface area contributed by atoms with Gasteiger partial charge < -0.3 is 23.7 Å². The first kappa shape index (κ1) is 45.9. The van der Waals surface area contributed by atoms with Crippen molar-refractivity contribution in [3.63, 3.8) is 0 Å². The Hall–Kier alpha value is -7.12. The fourth-order valence-corrected chi connectivity index (χ4v) is 7.55. The zero-order chi connectivity index (χ0) is 45.2. The Morgan fingerprint density at radius 1 is 0.354 bits per heavy atom. The Kier molecular flexibility index (Phi) is 16.6. The van der Waals surface area contributed by atoms with Crippen molar-refractivity contribution in [2.75, 3.05) is 19.8 Å². The molecule has 0 saturated heterocycles. The van der Waals surface area contributed by atoms with E-state index in [1.54, 1.807) is 48.5 Å². The van der Waals surface area contributed by atoms with Gasteiger partial charge in [-0.05, 0) is 126 Å². The van der Waals surface area contributed by atoms with Crippen molar-refractivity contribution in [2.24, 2.45) is 0 Å². The van der Waals surface area contributed by atoms with Gasteiger partial charge in [0.25, 0.3) is 0 Å². The third kappa shape index (κ3) is 12.8. The number of hydrogen-bond acceptors (Lipinski definition) is 7. The van der Waals surface area contributed by atoms with E-state index in [0.717, 1.165) is 87.8 Å². The van der Waals surface area contributed by atoms with E-state index in [1.807, 2.05) is 122 Å². The first-order chi connectivity index (χ1) is 31.9. The number of esters is 2. The highest BCUT2D eigenvalue weighted by molar-refractivity contribution is 5.93. The Balaban J connectivity index is 0.940. The van der Waals surface area contributed by atoms with Crippen LogP contribution >= 0.6 is 0 Å². The van der Waals surface area contributed by atoms with Gasteiger partial charge >= 0.3 is 11.9 Å². The monoisotopic (exact) mass is 866 g/mol. The van der Waals surface area contributed by atoms with Crippen molar-refractivity contribution in [1.29, 1.82) is 0 Å². The molecule has 0 heterocycles. The molecular weight excluding hydrogens is 809 g/mol. The molecule has 0 atom stereocenters. The van der Waals surface area contributed by atoms with Crippen molar-refractivity contribution < 1.29 is 33.3 Å². The fraction of sp³-hybridized carbons (Fsp3) is 0.241. The highest BCUT2D eigenvalue weighted by Crippen LogP contribution is 2.40. The molecule has 0 unspecified atom stereocenters. The molecule has 0 spiro atoms. The van der Waals surface area contributed by atoms with E-state index in [2.05, 4.69) is 13.8 Å². The predicted molar refractivity (Wildman–Crippen MR) is 261 cm³/mol. The van der Waals surface area contributed by atoms with Gasteiger partial charge in [-0.3, -0.25) is 0 Å². The quantitative estimate of drug-likeness (QED) is 0.0381. The minimum atomic E-state index is -0.434. The molecule has 0 bridgehead atoms. The standard InChI is InChI=1S/C58H58O7/c1-4-7-9-11-40-62-50-32-24-44(25-33-50)42-16-20-48(21-17-42)57(59)64-52-36-28-46(29-37-52)54-14-13-15-55(56(54)61-6-3)47-30-38-53(39-31-47)65-58(60)49-22-18-43(19-23-49)45-26-34-51(35-27-45)63-41-12-10-8-5-2/h13-39H,4-12,40-41H2,1-3H3. The maximum absolute atomic E-state index is 13.1. The van der Waals surface area contributed by atoms with E-state index in [9.17, 15) is 9.59 Å². The van der Waals surface area contributed by atoms with Gasteiger partial charge in [0.1, 0.15) is 28.7 Å². The summed E-state index contributed by atoms with van der Waals surface area (Å²) < 4.78 is 29.6. The minimum Gasteiger partial charge on any atom is -0.494 e.